The summed E-state index contributed by atoms with van der Waals surface area (Å²) in [5, 5.41) is 12.0. The van der Waals surface area contributed by atoms with Crippen LogP contribution in [0.2, 0.25) is 0 Å². The van der Waals surface area contributed by atoms with Crippen LogP contribution < -0.4 is 5.32 Å². The number of hydrogen-bond donors (Lipinski definition) is 2. The van der Waals surface area contributed by atoms with Crippen molar-refractivity contribution in [3.05, 3.63) is 53.7 Å². The molecule has 5 heteroatoms. The van der Waals surface area contributed by atoms with E-state index in [1.54, 1.807) is 0 Å². The summed E-state index contributed by atoms with van der Waals surface area (Å²) < 4.78 is 0. The van der Waals surface area contributed by atoms with Gasteiger partial charge in [0, 0.05) is 23.4 Å². The highest BCUT2D eigenvalue weighted by Gasteiger charge is 2.19. The first kappa shape index (κ1) is 13.4. The van der Waals surface area contributed by atoms with Gasteiger partial charge in [-0.1, -0.05) is 24.3 Å². The van der Waals surface area contributed by atoms with Gasteiger partial charge in [-0.25, -0.2) is 4.98 Å². The van der Waals surface area contributed by atoms with E-state index in [1.807, 2.05) is 18.2 Å². The Morgan fingerprint density at radius 2 is 1.86 bits per heavy atom. The van der Waals surface area contributed by atoms with Crippen LogP contribution in [0.5, 0.6) is 0 Å². The first-order valence-corrected chi connectivity index (χ1v) is 7.85. The van der Waals surface area contributed by atoms with Gasteiger partial charge in [0.15, 0.2) is 5.82 Å². The van der Waals surface area contributed by atoms with Crippen molar-refractivity contribution in [1.82, 2.24) is 25.5 Å². The monoisotopic (exact) mass is 293 g/mol. The fourth-order valence-electron chi connectivity index (χ4n) is 3.03. The lowest BCUT2D eigenvalue weighted by Crippen LogP contribution is -2.27. The van der Waals surface area contributed by atoms with Gasteiger partial charge >= 0.3 is 0 Å². The quantitative estimate of drug-likeness (QED) is 0.778. The molecule has 0 saturated carbocycles. The molecule has 0 amide bonds. The molecule has 22 heavy (non-hydrogen) atoms. The molecular formula is C17H19N5. The molecular weight excluding hydrogens is 274 g/mol. The Hall–Kier alpha value is -2.27. The van der Waals surface area contributed by atoms with Gasteiger partial charge in [0.2, 0.25) is 0 Å². The zero-order valence-electron chi connectivity index (χ0n) is 12.4. The summed E-state index contributed by atoms with van der Waals surface area (Å²) in [5.74, 6) is 2.34. The van der Waals surface area contributed by atoms with E-state index in [2.05, 4.69) is 38.7 Å². The smallest absolute Gasteiger partial charge is 0.153 e. The fourth-order valence-corrected chi connectivity index (χ4v) is 3.03. The summed E-state index contributed by atoms with van der Waals surface area (Å²) in [6.45, 7) is 2.11. The van der Waals surface area contributed by atoms with Crippen molar-refractivity contribution in [3.8, 4) is 0 Å². The first-order valence-electron chi connectivity index (χ1n) is 7.85. The molecule has 0 spiro atoms. The minimum atomic E-state index is 0.482. The number of benzene rings is 1. The number of nitrogens with zero attached hydrogens (tertiary/aromatic N) is 3. The van der Waals surface area contributed by atoms with Gasteiger partial charge in [0.05, 0.1) is 5.52 Å². The van der Waals surface area contributed by atoms with Gasteiger partial charge in [-0.3, -0.25) is 10.1 Å². The Labute approximate surface area is 129 Å². The third-order valence-electron chi connectivity index (χ3n) is 4.26. The molecule has 112 valence electrons. The van der Waals surface area contributed by atoms with Crippen LogP contribution in [0.3, 0.4) is 0 Å². The molecule has 2 N–H and O–H groups in total. The highest BCUT2D eigenvalue weighted by atomic mass is 15.2. The Kier molecular flexibility index (Phi) is 3.56. The predicted octanol–water partition coefficient (Wildman–Crippen LogP) is 2.41. The minimum absolute atomic E-state index is 0.482. The maximum atomic E-state index is 4.69. The topological polar surface area (TPSA) is 66.5 Å². The van der Waals surface area contributed by atoms with Crippen LogP contribution in [0.15, 0.2) is 36.4 Å². The second-order valence-corrected chi connectivity index (χ2v) is 5.84. The average Bonchev–Trinajstić information content (AvgIpc) is 3.04. The van der Waals surface area contributed by atoms with Crippen LogP contribution >= 0.6 is 0 Å². The van der Waals surface area contributed by atoms with E-state index in [0.29, 0.717) is 12.3 Å². The van der Waals surface area contributed by atoms with Gasteiger partial charge in [0.25, 0.3) is 0 Å². The standard InChI is InChI=1S/C17H19N5/c1-2-4-15-12(3-1)5-6-14(19-15)11-16-20-17(22-21-16)13-7-9-18-10-8-13/h1-6,13,18H,7-11H2,(H,20,21,22). The van der Waals surface area contributed by atoms with Gasteiger partial charge in [-0.2, -0.15) is 5.10 Å². The number of pyridine rings is 1. The molecule has 0 atom stereocenters. The van der Waals surface area contributed by atoms with Gasteiger partial charge in [-0.15, -0.1) is 0 Å². The number of H-pyrrole nitrogens is 1. The molecule has 1 aliphatic heterocycles. The third-order valence-corrected chi connectivity index (χ3v) is 4.26. The predicted molar refractivity (Wildman–Crippen MR) is 85.8 cm³/mol. The van der Waals surface area contributed by atoms with Crippen LogP contribution in [-0.2, 0) is 6.42 Å². The lowest BCUT2D eigenvalue weighted by atomic mass is 9.98. The van der Waals surface area contributed by atoms with Crippen molar-refractivity contribution >= 4 is 10.9 Å². The summed E-state index contributed by atoms with van der Waals surface area (Å²) in [6.07, 6.45) is 2.93. The molecule has 3 heterocycles. The molecule has 1 fully saturated rings. The number of piperidine rings is 1. The summed E-state index contributed by atoms with van der Waals surface area (Å²) in [6, 6.07) is 12.3. The normalized spacial score (nSPS) is 16.2. The average molecular weight is 293 g/mol. The zero-order chi connectivity index (χ0) is 14.8. The largest absolute Gasteiger partial charge is 0.317 e. The second-order valence-electron chi connectivity index (χ2n) is 5.84. The van der Waals surface area contributed by atoms with Gasteiger partial charge < -0.3 is 5.32 Å². The first-order chi connectivity index (χ1) is 10.9. The van der Waals surface area contributed by atoms with Crippen molar-refractivity contribution in [2.75, 3.05) is 13.1 Å². The van der Waals surface area contributed by atoms with E-state index in [4.69, 9.17) is 4.98 Å². The van der Waals surface area contributed by atoms with Crippen molar-refractivity contribution < 1.29 is 0 Å². The van der Waals surface area contributed by atoms with E-state index in [-0.39, 0.29) is 0 Å². The Bertz CT molecular complexity index is 773. The van der Waals surface area contributed by atoms with Crippen LogP contribution in [-0.4, -0.2) is 33.3 Å². The maximum Gasteiger partial charge on any atom is 0.153 e. The molecule has 4 rings (SSSR count). The Balaban J connectivity index is 1.53. The van der Waals surface area contributed by atoms with Gasteiger partial charge in [0.1, 0.15) is 5.82 Å². The molecule has 3 aromatic rings. The number of aromatic amines is 1. The summed E-state index contributed by atoms with van der Waals surface area (Å²) in [5.41, 5.74) is 2.05. The fraction of sp³-hybridized carbons (Fsp3) is 0.353. The Morgan fingerprint density at radius 1 is 1.00 bits per heavy atom. The number of para-hydroxylation sites is 1. The van der Waals surface area contributed by atoms with Crippen molar-refractivity contribution in [1.29, 1.82) is 0 Å². The Morgan fingerprint density at radius 3 is 2.77 bits per heavy atom. The number of nitrogens with one attached hydrogen (secondary N) is 2. The third kappa shape index (κ3) is 2.72. The lowest BCUT2D eigenvalue weighted by Gasteiger charge is -2.19. The molecule has 2 aromatic heterocycles. The summed E-state index contributed by atoms with van der Waals surface area (Å²) >= 11 is 0. The molecule has 1 aromatic carbocycles. The van der Waals surface area contributed by atoms with E-state index in [9.17, 15) is 0 Å². The summed E-state index contributed by atoms with van der Waals surface area (Å²) in [4.78, 5) is 9.37. The second kappa shape index (κ2) is 5.85. The minimum Gasteiger partial charge on any atom is -0.317 e. The number of hydrogen-bond acceptors (Lipinski definition) is 4. The van der Waals surface area contributed by atoms with Crippen molar-refractivity contribution in [3.63, 3.8) is 0 Å². The molecule has 1 aliphatic rings. The maximum absolute atomic E-state index is 4.69. The number of rotatable bonds is 3. The lowest BCUT2D eigenvalue weighted by molar-refractivity contribution is 0.446. The highest BCUT2D eigenvalue weighted by Crippen LogP contribution is 2.22. The van der Waals surface area contributed by atoms with Gasteiger partial charge in [-0.05, 0) is 38.1 Å². The number of fused-ring (bicyclic) bond motifs is 1. The van der Waals surface area contributed by atoms with Crippen molar-refractivity contribution in [2.24, 2.45) is 0 Å². The van der Waals surface area contributed by atoms with E-state index >= 15 is 0 Å². The molecule has 0 radical (unpaired) electrons. The van der Waals surface area contributed by atoms with Crippen molar-refractivity contribution in [2.45, 2.75) is 25.2 Å². The van der Waals surface area contributed by atoms with E-state index < -0.39 is 0 Å². The molecule has 0 bridgehead atoms. The van der Waals surface area contributed by atoms with Crippen LogP contribution in [0.4, 0.5) is 0 Å². The van der Waals surface area contributed by atoms with Crippen LogP contribution in [0.25, 0.3) is 10.9 Å². The molecule has 5 nitrogen and oxygen atoms in total. The summed E-state index contributed by atoms with van der Waals surface area (Å²) in [7, 11) is 0. The SMILES string of the molecule is c1ccc2nc(Cc3nc(C4CCNCC4)n[nH]3)ccc2c1. The van der Waals surface area contributed by atoms with Crippen LogP contribution in [0.1, 0.15) is 36.1 Å². The van der Waals surface area contributed by atoms with E-state index in [1.165, 1.54) is 5.39 Å². The zero-order valence-corrected chi connectivity index (χ0v) is 12.4. The molecule has 0 unspecified atom stereocenters. The van der Waals surface area contributed by atoms with Crippen LogP contribution in [0, 0.1) is 0 Å². The highest BCUT2D eigenvalue weighted by molar-refractivity contribution is 5.78. The molecule has 0 aliphatic carbocycles. The number of aromatic nitrogens is 4. The van der Waals surface area contributed by atoms with E-state index in [0.717, 1.165) is 48.8 Å². The molecule has 1 saturated heterocycles.